The molecule has 9 heteroatoms. The number of sulfonamides is 1. The molecule has 1 aromatic carbocycles. The number of halogens is 1. The van der Waals surface area contributed by atoms with Gasteiger partial charge >= 0.3 is 0 Å². The normalized spacial score (nSPS) is 25.7. The maximum absolute atomic E-state index is 14.1. The SMILES string of the molecule is CC(C)(C)C1CCC2(CC1)CC(C(O)NCc1ccc(NS(C)(=O)=O)c(F)c1)=NO2. The highest BCUT2D eigenvalue weighted by molar-refractivity contribution is 7.92. The van der Waals surface area contributed by atoms with Crippen LogP contribution in [0.1, 0.15) is 58.4 Å². The number of anilines is 1. The van der Waals surface area contributed by atoms with Crippen molar-refractivity contribution in [3.63, 3.8) is 0 Å². The van der Waals surface area contributed by atoms with Gasteiger partial charge in [0.2, 0.25) is 10.0 Å². The Balaban J connectivity index is 1.52. The first kappa shape index (κ1) is 23.0. The molecule has 7 nitrogen and oxygen atoms in total. The van der Waals surface area contributed by atoms with Crippen LogP contribution in [0.25, 0.3) is 0 Å². The Morgan fingerprint density at radius 3 is 2.57 bits per heavy atom. The van der Waals surface area contributed by atoms with Gasteiger partial charge in [0.05, 0.1) is 11.9 Å². The Kier molecular flexibility index (Phi) is 6.46. The fourth-order valence-corrected chi connectivity index (χ4v) is 4.82. The lowest BCUT2D eigenvalue weighted by Gasteiger charge is -2.40. The van der Waals surface area contributed by atoms with E-state index in [1.165, 1.54) is 12.1 Å². The minimum atomic E-state index is -3.55. The minimum absolute atomic E-state index is 0.108. The summed E-state index contributed by atoms with van der Waals surface area (Å²) in [6, 6.07) is 4.19. The molecule has 0 bridgehead atoms. The first-order valence-electron chi connectivity index (χ1n) is 10.3. The predicted octanol–water partition coefficient (Wildman–Crippen LogP) is 3.36. The maximum atomic E-state index is 14.1. The number of hydrogen-bond acceptors (Lipinski definition) is 6. The van der Waals surface area contributed by atoms with E-state index in [1.54, 1.807) is 6.07 Å². The molecular weight excluding hydrogens is 409 g/mol. The Morgan fingerprint density at radius 2 is 2.00 bits per heavy atom. The van der Waals surface area contributed by atoms with Crippen molar-refractivity contribution in [1.82, 2.24) is 5.32 Å². The number of oxime groups is 1. The second-order valence-electron chi connectivity index (χ2n) is 9.65. The van der Waals surface area contributed by atoms with E-state index in [-0.39, 0.29) is 23.2 Å². The lowest BCUT2D eigenvalue weighted by atomic mass is 9.67. The summed E-state index contributed by atoms with van der Waals surface area (Å²) in [4.78, 5) is 5.77. The maximum Gasteiger partial charge on any atom is 0.229 e. The van der Waals surface area contributed by atoms with Crippen molar-refractivity contribution in [3.05, 3.63) is 29.6 Å². The van der Waals surface area contributed by atoms with Gasteiger partial charge in [-0.3, -0.25) is 10.0 Å². The van der Waals surface area contributed by atoms with E-state index in [9.17, 15) is 17.9 Å². The molecule has 1 atom stereocenters. The van der Waals surface area contributed by atoms with Gasteiger partial charge in [-0.2, -0.15) is 0 Å². The molecule has 1 aromatic rings. The molecule has 0 saturated heterocycles. The second-order valence-corrected chi connectivity index (χ2v) is 11.4. The van der Waals surface area contributed by atoms with E-state index < -0.39 is 22.1 Å². The van der Waals surface area contributed by atoms with Crippen LogP contribution in [0.3, 0.4) is 0 Å². The summed E-state index contributed by atoms with van der Waals surface area (Å²) >= 11 is 0. The van der Waals surface area contributed by atoms with Gasteiger partial charge in [-0.1, -0.05) is 32.0 Å². The number of aliphatic hydroxyl groups excluding tert-OH is 1. The van der Waals surface area contributed by atoms with Crippen molar-refractivity contribution >= 4 is 21.4 Å². The van der Waals surface area contributed by atoms with Crippen molar-refractivity contribution in [2.75, 3.05) is 11.0 Å². The zero-order chi connectivity index (χ0) is 22.2. The van der Waals surface area contributed by atoms with Crippen molar-refractivity contribution < 1.29 is 22.8 Å². The lowest BCUT2D eigenvalue weighted by Crippen LogP contribution is -2.41. The third-order valence-electron chi connectivity index (χ3n) is 6.13. The highest BCUT2D eigenvalue weighted by Crippen LogP contribution is 2.46. The summed E-state index contributed by atoms with van der Waals surface area (Å²) in [7, 11) is -3.55. The number of aliphatic hydroxyl groups is 1. The molecule has 30 heavy (non-hydrogen) atoms. The van der Waals surface area contributed by atoms with E-state index >= 15 is 0 Å². The molecule has 168 valence electrons. The molecule has 1 unspecified atom stereocenters. The smallest absolute Gasteiger partial charge is 0.229 e. The van der Waals surface area contributed by atoms with Gasteiger partial charge in [0.15, 0.2) is 0 Å². The highest BCUT2D eigenvalue weighted by atomic mass is 32.2. The Bertz CT molecular complexity index is 903. The molecule has 0 radical (unpaired) electrons. The Hall–Kier alpha value is -1.71. The van der Waals surface area contributed by atoms with Gasteiger partial charge in [0.1, 0.15) is 23.4 Å². The standard InChI is InChI=1S/C21H32FN3O4S/c1-20(2,3)15-7-9-21(10-8-15)12-18(24-29-21)19(26)23-13-14-5-6-17(16(22)11-14)25-30(4,27)28/h5-6,11,15,19,23,25-26H,7-10,12-13H2,1-4H3. The number of benzene rings is 1. The van der Waals surface area contributed by atoms with Gasteiger partial charge in [-0.25, -0.2) is 12.8 Å². The summed E-state index contributed by atoms with van der Waals surface area (Å²) in [6.45, 7) is 7.02. The summed E-state index contributed by atoms with van der Waals surface area (Å²) in [6.07, 6.45) is 4.59. The Morgan fingerprint density at radius 1 is 1.33 bits per heavy atom. The average Bonchev–Trinajstić information content (AvgIpc) is 3.04. The molecule has 3 rings (SSSR count). The van der Waals surface area contributed by atoms with Gasteiger partial charge in [0, 0.05) is 13.0 Å². The molecule has 0 amide bonds. The zero-order valence-electron chi connectivity index (χ0n) is 18.0. The van der Waals surface area contributed by atoms with Crippen molar-refractivity contribution in [3.8, 4) is 0 Å². The van der Waals surface area contributed by atoms with Gasteiger partial charge in [0.25, 0.3) is 0 Å². The van der Waals surface area contributed by atoms with Gasteiger partial charge in [-0.15, -0.1) is 0 Å². The summed E-state index contributed by atoms with van der Waals surface area (Å²) in [5.41, 5.74) is 0.992. The third kappa shape index (κ3) is 5.70. The first-order chi connectivity index (χ1) is 13.9. The molecule has 1 aliphatic carbocycles. The molecule has 0 aromatic heterocycles. The van der Waals surface area contributed by atoms with Gasteiger partial charge < -0.3 is 9.94 Å². The monoisotopic (exact) mass is 441 g/mol. The fourth-order valence-electron chi connectivity index (χ4n) is 4.26. The van der Waals surface area contributed by atoms with Crippen molar-refractivity contribution in [2.45, 2.75) is 71.2 Å². The molecule has 2 aliphatic rings. The Labute approximate surface area is 178 Å². The van der Waals surface area contributed by atoms with E-state index in [4.69, 9.17) is 4.84 Å². The van der Waals surface area contributed by atoms with Crippen LogP contribution in [0.15, 0.2) is 23.4 Å². The molecule has 3 N–H and O–H groups in total. The first-order valence-corrected chi connectivity index (χ1v) is 12.2. The molecule has 1 fully saturated rings. The van der Waals surface area contributed by atoms with Crippen LogP contribution < -0.4 is 10.0 Å². The van der Waals surface area contributed by atoms with Crippen LogP contribution >= 0.6 is 0 Å². The largest absolute Gasteiger partial charge is 0.389 e. The summed E-state index contributed by atoms with van der Waals surface area (Å²) in [5, 5.41) is 17.5. The average molecular weight is 442 g/mol. The van der Waals surface area contributed by atoms with Crippen LogP contribution in [0.5, 0.6) is 0 Å². The van der Waals surface area contributed by atoms with Crippen LogP contribution in [0.4, 0.5) is 10.1 Å². The van der Waals surface area contributed by atoms with E-state index in [0.29, 0.717) is 23.6 Å². The second kappa shape index (κ2) is 8.43. The quantitative estimate of drug-likeness (QED) is 0.588. The molecular formula is C21H32FN3O4S. The topological polar surface area (TPSA) is 100 Å². The van der Waals surface area contributed by atoms with Crippen molar-refractivity contribution in [1.29, 1.82) is 0 Å². The van der Waals surface area contributed by atoms with E-state index in [0.717, 1.165) is 31.9 Å². The number of rotatable bonds is 6. The number of nitrogens with zero attached hydrogens (tertiary/aromatic N) is 1. The van der Waals surface area contributed by atoms with E-state index in [2.05, 4.69) is 36.0 Å². The van der Waals surface area contributed by atoms with Crippen molar-refractivity contribution in [2.24, 2.45) is 16.5 Å². The van der Waals surface area contributed by atoms with E-state index in [1.807, 2.05) is 0 Å². The summed E-state index contributed by atoms with van der Waals surface area (Å²) in [5.74, 6) is -0.0146. The van der Waals surface area contributed by atoms with Crippen LogP contribution in [-0.4, -0.2) is 37.3 Å². The molecule has 1 saturated carbocycles. The third-order valence-corrected chi connectivity index (χ3v) is 6.72. The number of nitrogens with one attached hydrogen (secondary N) is 2. The molecule has 1 spiro atoms. The lowest BCUT2D eigenvalue weighted by molar-refractivity contribution is -0.0640. The minimum Gasteiger partial charge on any atom is -0.389 e. The van der Waals surface area contributed by atoms with Crippen LogP contribution in [-0.2, 0) is 21.4 Å². The molecule has 1 heterocycles. The van der Waals surface area contributed by atoms with Gasteiger partial charge in [-0.05, 0) is 54.7 Å². The summed E-state index contributed by atoms with van der Waals surface area (Å²) < 4.78 is 38.7. The molecule has 1 aliphatic heterocycles. The van der Waals surface area contributed by atoms with Crippen LogP contribution in [0.2, 0.25) is 0 Å². The number of hydrogen-bond donors (Lipinski definition) is 3. The fraction of sp³-hybridized carbons (Fsp3) is 0.667. The predicted molar refractivity (Wildman–Crippen MR) is 115 cm³/mol. The zero-order valence-corrected chi connectivity index (χ0v) is 18.9. The highest BCUT2D eigenvalue weighted by Gasteiger charge is 2.45. The van der Waals surface area contributed by atoms with Crippen LogP contribution in [0, 0.1) is 17.2 Å².